The molecule has 2 atom stereocenters. The van der Waals surface area contributed by atoms with Crippen LogP contribution in [0.3, 0.4) is 0 Å². The summed E-state index contributed by atoms with van der Waals surface area (Å²) in [5.41, 5.74) is -0.296. The molecule has 1 N–H and O–H groups in total. The van der Waals surface area contributed by atoms with Crippen molar-refractivity contribution >= 4 is 6.09 Å². The SMILES string of the molecule is COC(=O)N(C)C1CCCC(O)(C#Cc2cccc(OC)c2)C1. The van der Waals surface area contributed by atoms with Crippen LogP contribution < -0.4 is 4.74 Å². The first-order valence-corrected chi connectivity index (χ1v) is 7.68. The number of carbonyl (C=O) groups excluding carboxylic acids is 1. The quantitative estimate of drug-likeness (QED) is 0.851. The normalized spacial score (nSPS) is 23.4. The Bertz CT molecular complexity index is 619. The van der Waals surface area contributed by atoms with Crippen LogP contribution in [0.15, 0.2) is 24.3 Å². The zero-order valence-electron chi connectivity index (χ0n) is 13.8. The first kappa shape index (κ1) is 17.2. The molecule has 1 aromatic rings. The van der Waals surface area contributed by atoms with Crippen LogP contribution in [0, 0.1) is 11.8 Å². The number of carbonyl (C=O) groups is 1. The predicted octanol–water partition coefficient (Wildman–Crippen LogP) is 2.42. The third kappa shape index (κ3) is 4.40. The molecule has 0 saturated heterocycles. The minimum absolute atomic E-state index is 0.0687. The molecule has 5 heteroatoms. The number of methoxy groups -OCH3 is 2. The largest absolute Gasteiger partial charge is 0.497 e. The summed E-state index contributed by atoms with van der Waals surface area (Å²) < 4.78 is 9.91. The van der Waals surface area contributed by atoms with E-state index in [2.05, 4.69) is 11.8 Å². The predicted molar refractivity (Wildman–Crippen MR) is 87.2 cm³/mol. The van der Waals surface area contributed by atoms with E-state index >= 15 is 0 Å². The van der Waals surface area contributed by atoms with Crippen LogP contribution in [-0.2, 0) is 4.74 Å². The average Bonchev–Trinajstić information content (AvgIpc) is 2.59. The van der Waals surface area contributed by atoms with Gasteiger partial charge in [0.15, 0.2) is 0 Å². The lowest BCUT2D eigenvalue weighted by atomic mass is 9.81. The average molecular weight is 317 g/mol. The molecule has 0 spiro atoms. The van der Waals surface area contributed by atoms with Crippen molar-refractivity contribution < 1.29 is 19.4 Å². The number of benzene rings is 1. The van der Waals surface area contributed by atoms with Gasteiger partial charge in [0.05, 0.1) is 14.2 Å². The number of hydrogen-bond donors (Lipinski definition) is 1. The summed E-state index contributed by atoms with van der Waals surface area (Å²) in [6.45, 7) is 0. The highest BCUT2D eigenvalue weighted by Crippen LogP contribution is 2.30. The first-order chi connectivity index (χ1) is 11.0. The molecular formula is C18H23NO4. The molecule has 1 aliphatic rings. The Hall–Kier alpha value is -2.19. The van der Waals surface area contributed by atoms with Crippen molar-refractivity contribution in [1.29, 1.82) is 0 Å². The van der Waals surface area contributed by atoms with E-state index in [1.165, 1.54) is 12.0 Å². The van der Waals surface area contributed by atoms with Crippen LogP contribution in [0.25, 0.3) is 0 Å². The molecule has 0 aromatic heterocycles. The van der Waals surface area contributed by atoms with Gasteiger partial charge in [-0.3, -0.25) is 0 Å². The number of hydrogen-bond acceptors (Lipinski definition) is 4. The molecule has 1 aliphatic carbocycles. The molecule has 0 bridgehead atoms. The highest BCUT2D eigenvalue weighted by Gasteiger charge is 2.36. The van der Waals surface area contributed by atoms with Crippen LogP contribution >= 0.6 is 0 Å². The van der Waals surface area contributed by atoms with E-state index in [0.29, 0.717) is 12.8 Å². The number of aliphatic hydroxyl groups is 1. The van der Waals surface area contributed by atoms with Gasteiger partial charge in [0.1, 0.15) is 11.4 Å². The molecular weight excluding hydrogens is 294 g/mol. The van der Waals surface area contributed by atoms with Crippen molar-refractivity contribution in [3.8, 4) is 17.6 Å². The second-order valence-corrected chi connectivity index (χ2v) is 5.84. The van der Waals surface area contributed by atoms with Crippen molar-refractivity contribution in [2.45, 2.75) is 37.3 Å². The van der Waals surface area contributed by atoms with E-state index in [-0.39, 0.29) is 12.1 Å². The van der Waals surface area contributed by atoms with Crippen LogP contribution in [0.1, 0.15) is 31.2 Å². The lowest BCUT2D eigenvalue weighted by Gasteiger charge is -2.37. The summed E-state index contributed by atoms with van der Waals surface area (Å²) in [5, 5.41) is 10.7. The highest BCUT2D eigenvalue weighted by molar-refractivity contribution is 5.67. The second-order valence-electron chi connectivity index (χ2n) is 5.84. The number of amides is 1. The van der Waals surface area contributed by atoms with Crippen molar-refractivity contribution in [2.75, 3.05) is 21.3 Å². The Balaban J connectivity index is 2.12. The van der Waals surface area contributed by atoms with E-state index in [4.69, 9.17) is 9.47 Å². The zero-order chi connectivity index (χ0) is 16.9. The van der Waals surface area contributed by atoms with Crippen LogP contribution in [0.4, 0.5) is 4.79 Å². The standard InChI is InChI=1S/C18H23NO4/c1-19(17(20)23-3)15-7-5-10-18(21,13-15)11-9-14-6-4-8-16(12-14)22-2/h4,6,8,12,15,21H,5,7,10,13H2,1-3H3. The fourth-order valence-corrected chi connectivity index (χ4v) is 2.85. The Morgan fingerprint density at radius 1 is 1.43 bits per heavy atom. The molecule has 1 fully saturated rings. The smallest absolute Gasteiger partial charge is 0.409 e. The summed E-state index contributed by atoms with van der Waals surface area (Å²) >= 11 is 0. The fraction of sp³-hybridized carbons (Fsp3) is 0.500. The summed E-state index contributed by atoms with van der Waals surface area (Å²) in [6, 6.07) is 7.35. The molecule has 0 aliphatic heterocycles. The topological polar surface area (TPSA) is 59.0 Å². The summed E-state index contributed by atoms with van der Waals surface area (Å²) in [5.74, 6) is 6.73. The minimum Gasteiger partial charge on any atom is -0.497 e. The lowest BCUT2D eigenvalue weighted by molar-refractivity contribution is 0.0199. The number of nitrogens with zero attached hydrogens (tertiary/aromatic N) is 1. The number of rotatable bonds is 2. The van der Waals surface area contributed by atoms with E-state index < -0.39 is 5.60 Å². The molecule has 2 unspecified atom stereocenters. The van der Waals surface area contributed by atoms with E-state index in [0.717, 1.165) is 24.2 Å². The third-order valence-corrected chi connectivity index (χ3v) is 4.22. The van der Waals surface area contributed by atoms with Gasteiger partial charge in [-0.05, 0) is 37.5 Å². The molecule has 124 valence electrons. The molecule has 2 rings (SSSR count). The Morgan fingerprint density at radius 3 is 2.91 bits per heavy atom. The molecule has 1 amide bonds. The number of ether oxygens (including phenoxy) is 2. The van der Waals surface area contributed by atoms with E-state index in [1.807, 2.05) is 24.3 Å². The Kier molecular flexibility index (Phi) is 5.51. The highest BCUT2D eigenvalue weighted by atomic mass is 16.5. The van der Waals surface area contributed by atoms with Gasteiger partial charge in [-0.1, -0.05) is 17.9 Å². The first-order valence-electron chi connectivity index (χ1n) is 7.68. The zero-order valence-corrected chi connectivity index (χ0v) is 13.8. The van der Waals surface area contributed by atoms with Gasteiger partial charge >= 0.3 is 6.09 Å². The Morgan fingerprint density at radius 2 is 2.22 bits per heavy atom. The van der Waals surface area contributed by atoms with Gasteiger partial charge in [0.25, 0.3) is 0 Å². The van der Waals surface area contributed by atoms with Gasteiger partial charge in [0.2, 0.25) is 0 Å². The van der Waals surface area contributed by atoms with Gasteiger partial charge in [-0.2, -0.15) is 0 Å². The lowest BCUT2D eigenvalue weighted by Crippen LogP contribution is -2.46. The van der Waals surface area contributed by atoms with Crippen LogP contribution in [0.5, 0.6) is 5.75 Å². The molecule has 23 heavy (non-hydrogen) atoms. The van der Waals surface area contributed by atoms with Gasteiger partial charge < -0.3 is 19.5 Å². The summed E-state index contributed by atoms with van der Waals surface area (Å²) in [7, 11) is 4.66. The fourth-order valence-electron chi connectivity index (χ4n) is 2.85. The molecule has 0 radical (unpaired) electrons. The summed E-state index contributed by atoms with van der Waals surface area (Å²) in [6.07, 6.45) is 2.30. The van der Waals surface area contributed by atoms with Crippen molar-refractivity contribution in [3.05, 3.63) is 29.8 Å². The van der Waals surface area contributed by atoms with Crippen molar-refractivity contribution in [2.24, 2.45) is 0 Å². The minimum atomic E-state index is -1.09. The molecule has 5 nitrogen and oxygen atoms in total. The van der Waals surface area contributed by atoms with Crippen molar-refractivity contribution in [1.82, 2.24) is 4.90 Å². The molecule has 0 heterocycles. The van der Waals surface area contributed by atoms with E-state index in [9.17, 15) is 9.90 Å². The monoisotopic (exact) mass is 317 g/mol. The molecule has 1 aromatic carbocycles. The van der Waals surface area contributed by atoms with Crippen LogP contribution in [0.2, 0.25) is 0 Å². The Labute approximate surface area is 137 Å². The van der Waals surface area contributed by atoms with Gasteiger partial charge in [-0.15, -0.1) is 0 Å². The maximum atomic E-state index is 11.6. The van der Waals surface area contributed by atoms with Gasteiger partial charge in [0, 0.05) is 25.1 Å². The third-order valence-electron chi connectivity index (χ3n) is 4.22. The van der Waals surface area contributed by atoms with Crippen molar-refractivity contribution in [3.63, 3.8) is 0 Å². The van der Waals surface area contributed by atoms with Crippen LogP contribution in [-0.4, -0.2) is 49.0 Å². The van der Waals surface area contributed by atoms with E-state index in [1.54, 1.807) is 14.2 Å². The second kappa shape index (κ2) is 7.38. The molecule has 1 saturated carbocycles. The maximum Gasteiger partial charge on any atom is 0.409 e. The van der Waals surface area contributed by atoms with Gasteiger partial charge in [-0.25, -0.2) is 4.79 Å². The maximum absolute atomic E-state index is 11.6. The summed E-state index contributed by atoms with van der Waals surface area (Å²) in [4.78, 5) is 13.2.